The van der Waals surface area contributed by atoms with E-state index in [4.69, 9.17) is 11.6 Å². The highest BCUT2D eigenvalue weighted by molar-refractivity contribution is 8.01. The lowest BCUT2D eigenvalue weighted by Crippen LogP contribution is -2.44. The quantitative estimate of drug-likeness (QED) is 0.709. The van der Waals surface area contributed by atoms with E-state index in [1.807, 2.05) is 29.2 Å². The first kappa shape index (κ1) is 18.5. The van der Waals surface area contributed by atoms with Gasteiger partial charge in [0.15, 0.2) is 4.34 Å². The Bertz CT molecular complexity index is 724. The Labute approximate surface area is 161 Å². The van der Waals surface area contributed by atoms with E-state index in [-0.39, 0.29) is 5.91 Å². The highest BCUT2D eigenvalue weighted by Gasteiger charge is 2.25. The molecule has 1 N–H and O–H groups in total. The first-order valence-corrected chi connectivity index (χ1v) is 10.6. The van der Waals surface area contributed by atoms with E-state index in [0.717, 1.165) is 35.8 Å². The molecule has 1 aliphatic heterocycles. The number of aromatic nitrogens is 2. The first-order valence-electron chi connectivity index (χ1n) is 8.44. The molecule has 1 atom stereocenters. The van der Waals surface area contributed by atoms with Gasteiger partial charge in [-0.1, -0.05) is 47.7 Å². The highest BCUT2D eigenvalue weighted by Crippen LogP contribution is 2.29. The molecule has 0 unspecified atom stereocenters. The van der Waals surface area contributed by atoms with Crippen molar-refractivity contribution >= 4 is 51.4 Å². The Hall–Kier alpha value is -1.31. The van der Waals surface area contributed by atoms with Gasteiger partial charge >= 0.3 is 0 Å². The van der Waals surface area contributed by atoms with Gasteiger partial charge in [-0.3, -0.25) is 4.79 Å². The van der Waals surface area contributed by atoms with Crippen LogP contribution in [-0.2, 0) is 4.79 Å². The number of nitrogens with zero attached hydrogens (tertiary/aromatic N) is 3. The van der Waals surface area contributed by atoms with Crippen LogP contribution in [0.15, 0.2) is 28.6 Å². The van der Waals surface area contributed by atoms with Crippen LogP contribution < -0.4 is 5.32 Å². The van der Waals surface area contributed by atoms with E-state index in [1.165, 1.54) is 29.5 Å². The van der Waals surface area contributed by atoms with Gasteiger partial charge in [-0.2, -0.15) is 0 Å². The van der Waals surface area contributed by atoms with Crippen LogP contribution >= 0.6 is 34.7 Å². The van der Waals surface area contributed by atoms with Crippen molar-refractivity contribution in [1.29, 1.82) is 0 Å². The van der Waals surface area contributed by atoms with E-state index in [2.05, 4.69) is 22.4 Å². The van der Waals surface area contributed by atoms with Crippen LogP contribution in [0.2, 0.25) is 5.02 Å². The number of carbonyl (C=O) groups excluding carboxylic acids is 1. The first-order chi connectivity index (χ1) is 12.2. The summed E-state index contributed by atoms with van der Waals surface area (Å²) in [4.78, 5) is 14.6. The van der Waals surface area contributed by atoms with Gasteiger partial charge in [0.2, 0.25) is 11.0 Å². The van der Waals surface area contributed by atoms with Crippen LogP contribution in [0.1, 0.15) is 32.6 Å². The summed E-state index contributed by atoms with van der Waals surface area (Å²) in [7, 11) is 0. The number of rotatable bonds is 6. The van der Waals surface area contributed by atoms with Crippen molar-refractivity contribution in [3.05, 3.63) is 29.3 Å². The summed E-state index contributed by atoms with van der Waals surface area (Å²) in [5.74, 6) is 0.624. The summed E-state index contributed by atoms with van der Waals surface area (Å²) in [5, 5.41) is 12.8. The number of anilines is 2. The van der Waals surface area contributed by atoms with Crippen molar-refractivity contribution in [2.24, 2.45) is 0 Å². The van der Waals surface area contributed by atoms with Crippen molar-refractivity contribution in [2.75, 3.05) is 17.6 Å². The molecule has 5 nitrogen and oxygen atoms in total. The lowest BCUT2D eigenvalue weighted by Gasteiger charge is -2.35. The molecule has 3 rings (SSSR count). The summed E-state index contributed by atoms with van der Waals surface area (Å²) in [6.07, 6.45) is 4.49. The molecule has 2 heterocycles. The molecule has 0 radical (unpaired) electrons. The summed E-state index contributed by atoms with van der Waals surface area (Å²) in [5.41, 5.74) is 0.871. The van der Waals surface area contributed by atoms with Crippen molar-refractivity contribution in [2.45, 2.75) is 43.0 Å². The van der Waals surface area contributed by atoms with Crippen LogP contribution in [0.25, 0.3) is 0 Å². The van der Waals surface area contributed by atoms with Gasteiger partial charge in [0.05, 0.1) is 5.75 Å². The molecule has 0 aliphatic carbocycles. The zero-order valence-corrected chi connectivity index (χ0v) is 16.5. The third-order valence-corrected chi connectivity index (χ3v) is 6.41. The summed E-state index contributed by atoms with van der Waals surface area (Å²) in [6, 6.07) is 7.86. The number of carbonyl (C=O) groups is 1. The van der Waals surface area contributed by atoms with Crippen molar-refractivity contribution in [3.8, 4) is 0 Å². The average Bonchev–Trinajstić information content (AvgIpc) is 3.07. The molecule has 1 fully saturated rings. The standard InChI is InChI=1S/C17H21ClN4OS2/c1-2-14-8-3-4-9-22(14)15(23)11-24-17-21-20-16(25-17)19-13-7-5-6-12(18)10-13/h5-7,10,14H,2-4,8-9,11H2,1H3,(H,19,20)/t14-/m0/s1. The van der Waals surface area contributed by atoms with E-state index in [9.17, 15) is 4.79 Å². The lowest BCUT2D eigenvalue weighted by molar-refractivity contribution is -0.132. The van der Waals surface area contributed by atoms with Gasteiger partial charge in [-0.05, 0) is 43.9 Å². The van der Waals surface area contributed by atoms with Crippen molar-refractivity contribution in [1.82, 2.24) is 15.1 Å². The Morgan fingerprint density at radius 2 is 2.32 bits per heavy atom. The predicted octanol–water partition coefficient (Wildman–Crippen LogP) is 4.82. The Kier molecular flexibility index (Phi) is 6.56. The molecule has 134 valence electrons. The molecule has 0 spiro atoms. The average molecular weight is 397 g/mol. The molecular weight excluding hydrogens is 376 g/mol. The molecule has 0 bridgehead atoms. The van der Waals surface area contributed by atoms with E-state index < -0.39 is 0 Å². The monoisotopic (exact) mass is 396 g/mol. The number of nitrogens with one attached hydrogen (secondary N) is 1. The number of likely N-dealkylation sites (tertiary alicyclic amines) is 1. The van der Waals surface area contributed by atoms with Crippen LogP contribution in [0.3, 0.4) is 0 Å². The van der Waals surface area contributed by atoms with E-state index in [1.54, 1.807) is 0 Å². The summed E-state index contributed by atoms with van der Waals surface area (Å²) >= 11 is 8.88. The van der Waals surface area contributed by atoms with E-state index >= 15 is 0 Å². The lowest BCUT2D eigenvalue weighted by atomic mass is 10.0. The molecule has 8 heteroatoms. The van der Waals surface area contributed by atoms with Crippen molar-refractivity contribution < 1.29 is 4.79 Å². The zero-order chi connectivity index (χ0) is 17.6. The number of hydrogen-bond acceptors (Lipinski definition) is 6. The summed E-state index contributed by atoms with van der Waals surface area (Å²) in [6.45, 7) is 3.04. The highest BCUT2D eigenvalue weighted by atomic mass is 35.5. The van der Waals surface area contributed by atoms with Gasteiger partial charge in [0.1, 0.15) is 0 Å². The fourth-order valence-corrected chi connectivity index (χ4v) is 4.82. The topological polar surface area (TPSA) is 58.1 Å². The molecule has 1 aliphatic rings. The number of amides is 1. The molecular formula is C17H21ClN4OS2. The number of benzene rings is 1. The molecule has 0 saturated carbocycles. The second-order valence-electron chi connectivity index (χ2n) is 5.94. The van der Waals surface area contributed by atoms with E-state index in [0.29, 0.717) is 21.9 Å². The van der Waals surface area contributed by atoms with Crippen LogP contribution in [0.4, 0.5) is 10.8 Å². The second kappa shape index (κ2) is 8.87. The van der Waals surface area contributed by atoms with Crippen LogP contribution in [0, 0.1) is 0 Å². The van der Waals surface area contributed by atoms with Gasteiger partial charge in [0.25, 0.3) is 0 Å². The molecule has 1 aromatic heterocycles. The molecule has 1 aromatic carbocycles. The maximum atomic E-state index is 12.5. The Morgan fingerprint density at radius 3 is 3.12 bits per heavy atom. The van der Waals surface area contributed by atoms with Crippen molar-refractivity contribution in [3.63, 3.8) is 0 Å². The van der Waals surface area contributed by atoms with Crippen LogP contribution in [0.5, 0.6) is 0 Å². The number of piperidine rings is 1. The fraction of sp³-hybridized carbons (Fsp3) is 0.471. The predicted molar refractivity (Wildman–Crippen MR) is 105 cm³/mol. The second-order valence-corrected chi connectivity index (χ2v) is 8.58. The normalized spacial score (nSPS) is 17.5. The molecule has 2 aromatic rings. The Morgan fingerprint density at radius 1 is 1.44 bits per heavy atom. The third kappa shape index (κ3) is 5.09. The SMILES string of the molecule is CC[C@H]1CCCCN1C(=O)CSc1nnc(Nc2cccc(Cl)c2)s1. The smallest absolute Gasteiger partial charge is 0.233 e. The molecule has 25 heavy (non-hydrogen) atoms. The maximum absolute atomic E-state index is 12.5. The minimum absolute atomic E-state index is 0.205. The molecule has 1 saturated heterocycles. The number of hydrogen-bond donors (Lipinski definition) is 1. The Balaban J connectivity index is 1.53. The zero-order valence-electron chi connectivity index (χ0n) is 14.1. The third-order valence-electron chi connectivity index (χ3n) is 4.22. The largest absolute Gasteiger partial charge is 0.339 e. The number of thioether (sulfide) groups is 1. The van der Waals surface area contributed by atoms with Gasteiger partial charge < -0.3 is 10.2 Å². The minimum atomic E-state index is 0.205. The number of halogens is 1. The van der Waals surface area contributed by atoms with Gasteiger partial charge in [-0.25, -0.2) is 0 Å². The van der Waals surface area contributed by atoms with Crippen LogP contribution in [-0.4, -0.2) is 39.3 Å². The minimum Gasteiger partial charge on any atom is -0.339 e. The molecule has 1 amide bonds. The maximum Gasteiger partial charge on any atom is 0.233 e. The summed E-state index contributed by atoms with van der Waals surface area (Å²) < 4.78 is 0.794. The fourth-order valence-electron chi connectivity index (χ4n) is 2.97. The van der Waals surface area contributed by atoms with Gasteiger partial charge in [0, 0.05) is 23.3 Å². The van der Waals surface area contributed by atoms with Gasteiger partial charge in [-0.15, -0.1) is 10.2 Å².